The van der Waals surface area contributed by atoms with Gasteiger partial charge in [-0.15, -0.1) is 0 Å². The standard InChI is InChI=1S/C14H14Br2N2/c1-10(13-4-2-3-5-14(13)16)17-9-12-7-6-11(15)8-18-12/h2-8,10,17H,9H2,1H3. The third-order valence-corrected chi connectivity index (χ3v) is 3.94. The van der Waals surface area contributed by atoms with E-state index in [0.29, 0.717) is 0 Å². The number of pyridine rings is 1. The smallest absolute Gasteiger partial charge is 0.0542 e. The molecule has 0 radical (unpaired) electrons. The number of nitrogens with one attached hydrogen (secondary N) is 1. The third-order valence-electron chi connectivity index (χ3n) is 2.75. The molecule has 2 nitrogen and oxygen atoms in total. The summed E-state index contributed by atoms with van der Waals surface area (Å²) in [5.41, 5.74) is 2.30. The molecule has 2 aromatic rings. The summed E-state index contributed by atoms with van der Waals surface area (Å²) in [5.74, 6) is 0. The number of nitrogens with zero attached hydrogens (tertiary/aromatic N) is 1. The molecule has 0 amide bonds. The van der Waals surface area contributed by atoms with Crippen molar-refractivity contribution >= 4 is 31.9 Å². The lowest BCUT2D eigenvalue weighted by Gasteiger charge is -2.15. The second-order valence-electron chi connectivity index (χ2n) is 4.09. The van der Waals surface area contributed by atoms with Gasteiger partial charge < -0.3 is 5.32 Å². The molecule has 2 rings (SSSR count). The van der Waals surface area contributed by atoms with Gasteiger partial charge in [0.25, 0.3) is 0 Å². The van der Waals surface area contributed by atoms with Gasteiger partial charge in [-0.2, -0.15) is 0 Å². The summed E-state index contributed by atoms with van der Waals surface area (Å²) >= 11 is 6.95. The maximum atomic E-state index is 4.35. The van der Waals surface area contributed by atoms with Crippen molar-refractivity contribution in [3.8, 4) is 0 Å². The molecule has 94 valence electrons. The quantitative estimate of drug-likeness (QED) is 0.860. The van der Waals surface area contributed by atoms with E-state index in [4.69, 9.17) is 0 Å². The van der Waals surface area contributed by atoms with Crippen LogP contribution in [0.3, 0.4) is 0 Å². The Morgan fingerprint density at radius 2 is 1.94 bits per heavy atom. The number of rotatable bonds is 4. The van der Waals surface area contributed by atoms with Crippen LogP contribution in [-0.2, 0) is 6.54 Å². The molecular formula is C14H14Br2N2. The second-order valence-corrected chi connectivity index (χ2v) is 5.86. The van der Waals surface area contributed by atoms with Crippen LogP contribution in [0.1, 0.15) is 24.2 Å². The predicted octanol–water partition coefficient (Wildman–Crippen LogP) is 4.46. The lowest BCUT2D eigenvalue weighted by molar-refractivity contribution is 0.566. The summed E-state index contributed by atoms with van der Waals surface area (Å²) in [6, 6.07) is 12.6. The van der Waals surface area contributed by atoms with Crippen molar-refractivity contribution in [1.82, 2.24) is 10.3 Å². The van der Waals surface area contributed by atoms with Crippen LogP contribution in [0.4, 0.5) is 0 Å². The highest BCUT2D eigenvalue weighted by molar-refractivity contribution is 9.10. The maximum Gasteiger partial charge on any atom is 0.0542 e. The zero-order valence-corrected chi connectivity index (χ0v) is 13.2. The van der Waals surface area contributed by atoms with Crippen molar-refractivity contribution in [3.63, 3.8) is 0 Å². The predicted molar refractivity (Wildman–Crippen MR) is 81.3 cm³/mol. The molecule has 0 aliphatic carbocycles. The minimum Gasteiger partial charge on any atom is -0.305 e. The third kappa shape index (κ3) is 3.64. The normalized spacial score (nSPS) is 12.4. The molecule has 0 spiro atoms. The van der Waals surface area contributed by atoms with Gasteiger partial charge in [-0.3, -0.25) is 4.98 Å². The summed E-state index contributed by atoms with van der Waals surface area (Å²) in [6.45, 7) is 2.91. The van der Waals surface area contributed by atoms with Gasteiger partial charge in [0.05, 0.1) is 5.69 Å². The van der Waals surface area contributed by atoms with Crippen LogP contribution in [-0.4, -0.2) is 4.98 Å². The average molecular weight is 370 g/mol. The Labute approximate surface area is 124 Å². The van der Waals surface area contributed by atoms with Crippen LogP contribution in [0.5, 0.6) is 0 Å². The van der Waals surface area contributed by atoms with Gasteiger partial charge in [0.15, 0.2) is 0 Å². The first-order chi connectivity index (χ1) is 8.66. The topological polar surface area (TPSA) is 24.9 Å². The number of hydrogen-bond donors (Lipinski definition) is 1. The Morgan fingerprint density at radius 3 is 2.61 bits per heavy atom. The van der Waals surface area contributed by atoms with Crippen LogP contribution >= 0.6 is 31.9 Å². The first kappa shape index (κ1) is 13.7. The van der Waals surface area contributed by atoms with Crippen molar-refractivity contribution < 1.29 is 0 Å². The molecular weight excluding hydrogens is 356 g/mol. The number of aromatic nitrogens is 1. The van der Waals surface area contributed by atoms with Gasteiger partial charge in [0.1, 0.15) is 0 Å². The van der Waals surface area contributed by atoms with E-state index in [0.717, 1.165) is 21.2 Å². The van der Waals surface area contributed by atoms with Crippen molar-refractivity contribution in [1.29, 1.82) is 0 Å². The van der Waals surface area contributed by atoms with Crippen molar-refractivity contribution in [2.75, 3.05) is 0 Å². The van der Waals surface area contributed by atoms with E-state index in [2.05, 4.69) is 67.3 Å². The minimum atomic E-state index is 0.283. The largest absolute Gasteiger partial charge is 0.305 e. The SMILES string of the molecule is CC(NCc1ccc(Br)cn1)c1ccccc1Br. The van der Waals surface area contributed by atoms with Crippen LogP contribution in [0, 0.1) is 0 Å². The highest BCUT2D eigenvalue weighted by atomic mass is 79.9. The van der Waals surface area contributed by atoms with Gasteiger partial charge >= 0.3 is 0 Å². The van der Waals surface area contributed by atoms with Gasteiger partial charge in [-0.25, -0.2) is 0 Å². The molecule has 0 aliphatic rings. The Kier molecular flexibility index (Phi) is 4.92. The number of hydrogen-bond acceptors (Lipinski definition) is 2. The molecule has 1 atom stereocenters. The fourth-order valence-electron chi connectivity index (χ4n) is 1.70. The van der Waals surface area contributed by atoms with Gasteiger partial charge in [-0.1, -0.05) is 34.1 Å². The highest BCUT2D eigenvalue weighted by Crippen LogP contribution is 2.22. The molecule has 0 saturated carbocycles. The summed E-state index contributed by atoms with van der Waals surface area (Å²) in [5, 5.41) is 3.47. The Bertz CT molecular complexity index is 511. The monoisotopic (exact) mass is 368 g/mol. The molecule has 0 aliphatic heterocycles. The van der Waals surface area contributed by atoms with Gasteiger partial charge in [0, 0.05) is 27.7 Å². The molecule has 1 aromatic heterocycles. The van der Waals surface area contributed by atoms with E-state index in [1.165, 1.54) is 5.56 Å². The van der Waals surface area contributed by atoms with E-state index < -0.39 is 0 Å². The summed E-state index contributed by atoms with van der Waals surface area (Å²) < 4.78 is 2.14. The van der Waals surface area contributed by atoms with E-state index in [9.17, 15) is 0 Å². The van der Waals surface area contributed by atoms with Crippen molar-refractivity contribution in [3.05, 3.63) is 62.8 Å². The summed E-state index contributed by atoms with van der Waals surface area (Å²) in [6.07, 6.45) is 1.82. The van der Waals surface area contributed by atoms with E-state index in [1.54, 1.807) is 0 Å². The molecule has 4 heteroatoms. The maximum absolute atomic E-state index is 4.35. The molecule has 18 heavy (non-hydrogen) atoms. The molecule has 1 aromatic carbocycles. The van der Waals surface area contributed by atoms with Crippen LogP contribution in [0.15, 0.2) is 51.5 Å². The lowest BCUT2D eigenvalue weighted by atomic mass is 10.1. The van der Waals surface area contributed by atoms with E-state index >= 15 is 0 Å². The van der Waals surface area contributed by atoms with Crippen molar-refractivity contribution in [2.45, 2.75) is 19.5 Å². The zero-order chi connectivity index (χ0) is 13.0. The highest BCUT2D eigenvalue weighted by Gasteiger charge is 2.08. The summed E-state index contributed by atoms with van der Waals surface area (Å²) in [4.78, 5) is 4.35. The minimum absolute atomic E-state index is 0.283. The molecule has 0 saturated heterocycles. The molecule has 0 bridgehead atoms. The zero-order valence-electron chi connectivity index (χ0n) is 10.0. The van der Waals surface area contributed by atoms with Gasteiger partial charge in [0.2, 0.25) is 0 Å². The van der Waals surface area contributed by atoms with E-state index in [-0.39, 0.29) is 6.04 Å². The first-order valence-corrected chi connectivity index (χ1v) is 7.33. The first-order valence-electron chi connectivity index (χ1n) is 5.75. The molecule has 1 heterocycles. The lowest BCUT2D eigenvalue weighted by Crippen LogP contribution is -2.19. The number of benzene rings is 1. The van der Waals surface area contributed by atoms with Crippen LogP contribution in [0.2, 0.25) is 0 Å². The van der Waals surface area contributed by atoms with Gasteiger partial charge in [-0.05, 0) is 46.6 Å². The fraction of sp³-hybridized carbons (Fsp3) is 0.214. The molecule has 1 unspecified atom stereocenters. The Hall–Kier alpha value is -0.710. The fourth-order valence-corrected chi connectivity index (χ4v) is 2.57. The van der Waals surface area contributed by atoms with Crippen LogP contribution in [0.25, 0.3) is 0 Å². The van der Waals surface area contributed by atoms with E-state index in [1.807, 2.05) is 24.4 Å². The summed E-state index contributed by atoms with van der Waals surface area (Å²) in [7, 11) is 0. The molecule has 1 N–H and O–H groups in total. The Morgan fingerprint density at radius 1 is 1.17 bits per heavy atom. The number of halogens is 2. The Balaban J connectivity index is 1.98. The molecule has 0 fully saturated rings. The van der Waals surface area contributed by atoms with Crippen molar-refractivity contribution in [2.24, 2.45) is 0 Å². The van der Waals surface area contributed by atoms with Crippen LogP contribution < -0.4 is 5.32 Å². The average Bonchev–Trinajstić information content (AvgIpc) is 2.38. The second kappa shape index (κ2) is 6.45.